The van der Waals surface area contributed by atoms with Crippen LogP contribution in [0.15, 0.2) is 114 Å². The van der Waals surface area contributed by atoms with E-state index < -0.39 is 23.2 Å². The largest absolute Gasteiger partial charge is 0.322 e. The molecule has 2 atom stereocenters. The first-order chi connectivity index (χ1) is 17.2. The van der Waals surface area contributed by atoms with Crippen LogP contribution < -0.4 is 4.72 Å². The van der Waals surface area contributed by atoms with Crippen molar-refractivity contribution in [1.82, 2.24) is 4.72 Å². The topological polar surface area (TPSA) is 72.5 Å². The molecule has 5 nitrogen and oxygen atoms in total. The van der Waals surface area contributed by atoms with Crippen LogP contribution in [0.1, 0.15) is 28.0 Å². The molecular formula is C28H27ClNO4PS. The van der Waals surface area contributed by atoms with Crippen LogP contribution in [0.5, 0.6) is 0 Å². The van der Waals surface area contributed by atoms with Crippen molar-refractivity contribution >= 4 is 29.0 Å². The Kier molecular flexibility index (Phi) is 8.45. The van der Waals surface area contributed by atoms with Crippen LogP contribution in [-0.2, 0) is 31.9 Å². The van der Waals surface area contributed by atoms with Crippen LogP contribution in [0.4, 0.5) is 0 Å². The minimum Gasteiger partial charge on any atom is -0.322 e. The minimum atomic E-state index is -4.03. The highest BCUT2D eigenvalue weighted by molar-refractivity contribution is 7.89. The first-order valence-corrected chi connectivity index (χ1v) is 15.1. The monoisotopic (exact) mass is 539 g/mol. The van der Waals surface area contributed by atoms with Crippen molar-refractivity contribution in [3.8, 4) is 0 Å². The van der Waals surface area contributed by atoms with Crippen molar-refractivity contribution in [2.75, 3.05) is 0 Å². The number of sulfonamides is 1. The van der Waals surface area contributed by atoms with Gasteiger partial charge in [-0.2, -0.15) is 4.72 Å². The Balaban J connectivity index is 1.77. The van der Waals surface area contributed by atoms with Gasteiger partial charge in [-0.05, 0) is 47.9 Å². The Morgan fingerprint density at radius 3 is 1.94 bits per heavy atom. The van der Waals surface area contributed by atoms with Gasteiger partial charge in [0.05, 0.1) is 17.7 Å². The molecule has 0 unspecified atom stereocenters. The van der Waals surface area contributed by atoms with E-state index in [0.717, 1.165) is 16.7 Å². The normalized spacial score (nSPS) is 14.2. The Hall–Kier alpha value is -2.73. The van der Waals surface area contributed by atoms with Gasteiger partial charge < -0.3 is 4.52 Å². The molecule has 0 aliphatic carbocycles. The van der Waals surface area contributed by atoms with E-state index in [1.165, 1.54) is 12.1 Å². The van der Waals surface area contributed by atoms with Gasteiger partial charge in [-0.15, -0.1) is 0 Å². The smallest absolute Gasteiger partial charge is 0.241 e. The molecule has 0 aliphatic rings. The lowest BCUT2D eigenvalue weighted by Gasteiger charge is -2.29. The predicted molar refractivity (Wildman–Crippen MR) is 145 cm³/mol. The SMILES string of the molecule is Cc1ccc(S(=O)(=O)N[C@@H](c2ccc(Cl)cc2)[P@](=O)(Cc2ccccc2)OCc2ccccc2)cc1. The second kappa shape index (κ2) is 11.5. The fourth-order valence-electron chi connectivity index (χ4n) is 3.76. The molecule has 1 N–H and O–H groups in total. The summed E-state index contributed by atoms with van der Waals surface area (Å²) in [7, 11) is -7.74. The number of hydrogen-bond acceptors (Lipinski definition) is 4. The summed E-state index contributed by atoms with van der Waals surface area (Å²) in [5, 5.41) is 0.488. The Morgan fingerprint density at radius 1 is 0.806 bits per heavy atom. The molecule has 0 saturated carbocycles. The number of nitrogens with one attached hydrogen (secondary N) is 1. The summed E-state index contributed by atoms with van der Waals surface area (Å²) in [6.45, 7) is 1.95. The van der Waals surface area contributed by atoms with E-state index in [4.69, 9.17) is 16.1 Å². The molecule has 0 aromatic heterocycles. The summed E-state index contributed by atoms with van der Waals surface area (Å²) in [5.41, 5.74) is 3.05. The Morgan fingerprint density at radius 2 is 1.36 bits per heavy atom. The zero-order valence-electron chi connectivity index (χ0n) is 19.8. The zero-order valence-corrected chi connectivity index (χ0v) is 22.2. The van der Waals surface area contributed by atoms with Crippen LogP contribution >= 0.6 is 19.0 Å². The summed E-state index contributed by atoms with van der Waals surface area (Å²) in [5.74, 6) is -1.13. The fraction of sp³-hybridized carbons (Fsp3) is 0.143. The van der Waals surface area contributed by atoms with Crippen LogP contribution in [0, 0.1) is 6.92 Å². The molecule has 0 radical (unpaired) electrons. The summed E-state index contributed by atoms with van der Waals surface area (Å²) in [6, 6.07) is 31.8. The second-order valence-corrected chi connectivity index (χ2v) is 13.2. The molecule has 4 aromatic carbocycles. The molecule has 36 heavy (non-hydrogen) atoms. The van der Waals surface area contributed by atoms with Crippen molar-refractivity contribution in [2.45, 2.75) is 30.4 Å². The summed E-state index contributed by atoms with van der Waals surface area (Å²) < 4.78 is 50.5. The quantitative estimate of drug-likeness (QED) is 0.214. The Bertz CT molecular complexity index is 1430. The number of aryl methyl sites for hydroxylation is 1. The van der Waals surface area contributed by atoms with Crippen molar-refractivity contribution in [2.24, 2.45) is 0 Å². The second-order valence-electron chi connectivity index (χ2n) is 8.52. The van der Waals surface area contributed by atoms with Crippen molar-refractivity contribution in [3.63, 3.8) is 0 Å². The van der Waals surface area contributed by atoms with E-state index in [-0.39, 0.29) is 17.7 Å². The predicted octanol–water partition coefficient (Wildman–Crippen LogP) is 7.32. The zero-order chi connectivity index (χ0) is 25.6. The molecule has 0 saturated heterocycles. The molecule has 0 fully saturated rings. The number of hydrogen-bond donors (Lipinski definition) is 1. The lowest BCUT2D eigenvalue weighted by Crippen LogP contribution is -2.30. The van der Waals surface area contributed by atoms with E-state index in [2.05, 4.69) is 4.72 Å². The van der Waals surface area contributed by atoms with Crippen LogP contribution in [0.2, 0.25) is 5.02 Å². The standard InChI is InChI=1S/C28H27ClNO4PS/c1-22-12-18-27(19-13-22)36(32,33)30-28(25-14-16-26(29)17-15-25)35(31,21-24-10-6-3-7-11-24)34-20-23-8-4-2-5-9-23/h2-19,28,30H,20-21H2,1H3/t28-,35+/m1/s1. The first kappa shape index (κ1) is 26.3. The minimum absolute atomic E-state index is 0.0460. The van der Waals surface area contributed by atoms with Crippen LogP contribution in [0.25, 0.3) is 0 Å². The third kappa shape index (κ3) is 6.73. The molecule has 8 heteroatoms. The molecule has 0 amide bonds. The number of benzene rings is 4. The first-order valence-electron chi connectivity index (χ1n) is 11.4. The maximum atomic E-state index is 14.7. The van der Waals surface area contributed by atoms with Crippen molar-refractivity contribution in [1.29, 1.82) is 0 Å². The molecule has 0 aliphatic heterocycles. The molecule has 4 rings (SSSR count). The molecule has 0 heterocycles. The molecule has 0 bridgehead atoms. The average Bonchev–Trinajstić information content (AvgIpc) is 2.88. The molecule has 186 valence electrons. The van der Waals surface area contributed by atoms with Crippen molar-refractivity contribution in [3.05, 3.63) is 136 Å². The average molecular weight is 540 g/mol. The van der Waals surface area contributed by atoms with Gasteiger partial charge in [0.2, 0.25) is 17.4 Å². The van der Waals surface area contributed by atoms with Gasteiger partial charge >= 0.3 is 0 Å². The lowest BCUT2D eigenvalue weighted by atomic mass is 10.2. The third-order valence-corrected chi connectivity index (χ3v) is 10.2. The van der Waals surface area contributed by atoms with Gasteiger partial charge in [0.1, 0.15) is 5.78 Å². The van der Waals surface area contributed by atoms with E-state index in [1.807, 2.05) is 67.6 Å². The van der Waals surface area contributed by atoms with Gasteiger partial charge in [0.15, 0.2) is 0 Å². The van der Waals surface area contributed by atoms with Gasteiger partial charge in [-0.25, -0.2) is 8.42 Å². The third-order valence-electron chi connectivity index (χ3n) is 5.72. The van der Waals surface area contributed by atoms with Gasteiger partial charge in [0, 0.05) is 5.02 Å². The van der Waals surface area contributed by atoms with Crippen LogP contribution in [-0.4, -0.2) is 8.42 Å². The number of rotatable bonds is 10. The van der Waals surface area contributed by atoms with Gasteiger partial charge in [-0.3, -0.25) is 4.57 Å². The maximum absolute atomic E-state index is 14.7. The van der Waals surface area contributed by atoms with E-state index in [0.29, 0.717) is 10.6 Å². The van der Waals surface area contributed by atoms with E-state index in [9.17, 15) is 13.0 Å². The van der Waals surface area contributed by atoms with Crippen LogP contribution in [0.3, 0.4) is 0 Å². The summed E-state index contributed by atoms with van der Waals surface area (Å²) in [4.78, 5) is 0.0846. The number of halogens is 1. The van der Waals surface area contributed by atoms with Crippen molar-refractivity contribution < 1.29 is 17.5 Å². The maximum Gasteiger partial charge on any atom is 0.241 e. The molecule has 4 aromatic rings. The van der Waals surface area contributed by atoms with E-state index in [1.54, 1.807) is 36.4 Å². The molecular weight excluding hydrogens is 513 g/mol. The Labute approximate surface area is 217 Å². The highest BCUT2D eigenvalue weighted by Crippen LogP contribution is 2.62. The highest BCUT2D eigenvalue weighted by atomic mass is 35.5. The van der Waals surface area contributed by atoms with Gasteiger partial charge in [0.25, 0.3) is 0 Å². The van der Waals surface area contributed by atoms with E-state index >= 15 is 0 Å². The molecule has 0 spiro atoms. The van der Waals surface area contributed by atoms with Gasteiger partial charge in [-0.1, -0.05) is 102 Å². The fourth-order valence-corrected chi connectivity index (χ4v) is 8.14. The summed E-state index contributed by atoms with van der Waals surface area (Å²) in [6.07, 6.45) is 0.0460. The highest BCUT2D eigenvalue weighted by Gasteiger charge is 2.39. The lowest BCUT2D eigenvalue weighted by molar-refractivity contribution is 0.293. The summed E-state index contributed by atoms with van der Waals surface area (Å²) >= 11 is 6.11.